The first-order valence-electron chi connectivity index (χ1n) is 6.14. The van der Waals surface area contributed by atoms with Crippen molar-refractivity contribution in [3.8, 4) is 0 Å². The summed E-state index contributed by atoms with van der Waals surface area (Å²) in [5.74, 6) is 7.52. The van der Waals surface area contributed by atoms with Gasteiger partial charge in [0.25, 0.3) is 0 Å². The number of hydrogen-bond donors (Lipinski definition) is 2. The molecule has 0 aliphatic heterocycles. The van der Waals surface area contributed by atoms with Crippen LogP contribution in [0.4, 0.5) is 11.6 Å². The van der Waals surface area contributed by atoms with Gasteiger partial charge in [-0.25, -0.2) is 15.8 Å². The molecular formula is C12H23N5. The first-order chi connectivity index (χ1) is 8.11. The van der Waals surface area contributed by atoms with Crippen molar-refractivity contribution in [3.05, 3.63) is 11.9 Å². The summed E-state index contributed by atoms with van der Waals surface area (Å²) < 4.78 is 0. The molecule has 5 heteroatoms. The van der Waals surface area contributed by atoms with Crippen LogP contribution >= 0.6 is 0 Å². The van der Waals surface area contributed by atoms with Gasteiger partial charge in [-0.3, -0.25) is 0 Å². The molecule has 0 saturated carbocycles. The van der Waals surface area contributed by atoms with Crippen LogP contribution in [0, 0.1) is 0 Å². The zero-order valence-corrected chi connectivity index (χ0v) is 11.2. The predicted molar refractivity (Wildman–Crippen MR) is 72.1 cm³/mol. The minimum absolute atomic E-state index is 0.335. The normalized spacial score (nSPS) is 10.7. The Morgan fingerprint density at radius 2 is 2.12 bits per heavy atom. The monoisotopic (exact) mass is 237 g/mol. The van der Waals surface area contributed by atoms with Gasteiger partial charge in [0, 0.05) is 19.2 Å². The zero-order valence-electron chi connectivity index (χ0n) is 11.2. The maximum absolute atomic E-state index is 5.50. The lowest BCUT2D eigenvalue weighted by Crippen LogP contribution is -2.23. The maximum atomic E-state index is 5.50. The number of hydrazine groups is 1. The van der Waals surface area contributed by atoms with Crippen LogP contribution in [0.15, 0.2) is 6.33 Å². The highest BCUT2D eigenvalue weighted by Crippen LogP contribution is 2.29. The van der Waals surface area contributed by atoms with E-state index in [1.807, 2.05) is 0 Å². The number of hydrogen-bond acceptors (Lipinski definition) is 5. The fourth-order valence-electron chi connectivity index (χ4n) is 1.84. The molecule has 3 N–H and O–H groups in total. The second kappa shape index (κ2) is 6.39. The topological polar surface area (TPSA) is 67.1 Å². The summed E-state index contributed by atoms with van der Waals surface area (Å²) in [6.07, 6.45) is 3.89. The Labute approximate surface area is 103 Å². The van der Waals surface area contributed by atoms with Crippen LogP contribution in [0.1, 0.15) is 45.1 Å². The molecule has 0 unspecified atom stereocenters. The van der Waals surface area contributed by atoms with E-state index in [0.717, 1.165) is 24.3 Å². The quantitative estimate of drug-likeness (QED) is 0.586. The van der Waals surface area contributed by atoms with E-state index in [1.54, 1.807) is 6.33 Å². The third kappa shape index (κ3) is 3.30. The highest BCUT2D eigenvalue weighted by Gasteiger charge is 2.16. The number of unbranched alkanes of at least 4 members (excludes halogenated alkanes) is 1. The van der Waals surface area contributed by atoms with Crippen LogP contribution in [0.2, 0.25) is 0 Å². The molecule has 17 heavy (non-hydrogen) atoms. The lowest BCUT2D eigenvalue weighted by atomic mass is 10.0. The summed E-state index contributed by atoms with van der Waals surface area (Å²) in [5.41, 5.74) is 3.73. The third-order valence-corrected chi connectivity index (χ3v) is 2.79. The van der Waals surface area contributed by atoms with E-state index < -0.39 is 0 Å². The van der Waals surface area contributed by atoms with Crippen molar-refractivity contribution in [2.45, 2.75) is 39.5 Å². The third-order valence-electron chi connectivity index (χ3n) is 2.79. The van der Waals surface area contributed by atoms with Crippen molar-refractivity contribution in [1.82, 2.24) is 9.97 Å². The van der Waals surface area contributed by atoms with Crippen molar-refractivity contribution in [1.29, 1.82) is 0 Å². The number of nitrogens with zero attached hydrogens (tertiary/aromatic N) is 3. The molecule has 1 aromatic heterocycles. The van der Waals surface area contributed by atoms with Gasteiger partial charge in [0.05, 0.1) is 0 Å². The summed E-state index contributed by atoms with van der Waals surface area (Å²) in [5, 5.41) is 0. The molecule has 5 nitrogen and oxygen atoms in total. The number of nitrogen functional groups attached to an aromatic ring is 1. The Morgan fingerprint density at radius 3 is 2.65 bits per heavy atom. The molecular weight excluding hydrogens is 214 g/mol. The zero-order chi connectivity index (χ0) is 12.8. The largest absolute Gasteiger partial charge is 0.359 e. The SMILES string of the molecule is CCCCN(C)c1ncnc(NN)c1C(C)C. The predicted octanol–water partition coefficient (Wildman–Crippen LogP) is 2.12. The van der Waals surface area contributed by atoms with Crippen LogP contribution in [-0.2, 0) is 0 Å². The highest BCUT2D eigenvalue weighted by molar-refractivity contribution is 5.59. The molecule has 0 spiro atoms. The van der Waals surface area contributed by atoms with Gasteiger partial charge in [-0.05, 0) is 12.3 Å². The van der Waals surface area contributed by atoms with Gasteiger partial charge >= 0.3 is 0 Å². The van der Waals surface area contributed by atoms with Crippen LogP contribution in [0.5, 0.6) is 0 Å². The standard InChI is InChI=1S/C12H23N5/c1-5-6-7-17(4)12-10(9(2)3)11(16-13)14-8-15-12/h8-9H,5-7,13H2,1-4H3,(H,14,15,16). The van der Waals surface area contributed by atoms with Gasteiger partial charge < -0.3 is 10.3 Å². The van der Waals surface area contributed by atoms with Gasteiger partial charge in [-0.2, -0.15) is 0 Å². The molecule has 0 aromatic carbocycles. The molecule has 1 heterocycles. The minimum Gasteiger partial charge on any atom is -0.359 e. The lowest BCUT2D eigenvalue weighted by molar-refractivity contribution is 0.744. The Balaban J connectivity index is 3.05. The number of anilines is 2. The Bertz CT molecular complexity index is 351. The van der Waals surface area contributed by atoms with Crippen molar-refractivity contribution in [2.24, 2.45) is 5.84 Å². The Hall–Kier alpha value is -1.36. The van der Waals surface area contributed by atoms with Crippen molar-refractivity contribution in [2.75, 3.05) is 23.9 Å². The second-order valence-corrected chi connectivity index (χ2v) is 4.53. The van der Waals surface area contributed by atoms with Gasteiger partial charge in [-0.15, -0.1) is 0 Å². The van der Waals surface area contributed by atoms with Crippen LogP contribution in [0.25, 0.3) is 0 Å². The van der Waals surface area contributed by atoms with E-state index in [9.17, 15) is 0 Å². The average Bonchev–Trinajstić information content (AvgIpc) is 2.34. The molecule has 0 atom stereocenters. The number of nitrogens with two attached hydrogens (primary N) is 1. The highest BCUT2D eigenvalue weighted by atomic mass is 15.3. The molecule has 1 aromatic rings. The summed E-state index contributed by atoms with van der Waals surface area (Å²) in [6.45, 7) is 7.43. The fraction of sp³-hybridized carbons (Fsp3) is 0.667. The lowest BCUT2D eigenvalue weighted by Gasteiger charge is -2.23. The molecule has 0 aliphatic rings. The minimum atomic E-state index is 0.335. The number of rotatable bonds is 6. The number of aromatic nitrogens is 2. The molecule has 0 bridgehead atoms. The van der Waals surface area contributed by atoms with E-state index >= 15 is 0 Å². The summed E-state index contributed by atoms with van der Waals surface area (Å²) in [7, 11) is 2.06. The van der Waals surface area contributed by atoms with Gasteiger partial charge in [0.1, 0.15) is 18.0 Å². The average molecular weight is 237 g/mol. The van der Waals surface area contributed by atoms with Gasteiger partial charge in [0.2, 0.25) is 0 Å². The summed E-state index contributed by atoms with van der Waals surface area (Å²) in [6, 6.07) is 0. The summed E-state index contributed by atoms with van der Waals surface area (Å²) in [4.78, 5) is 10.7. The Morgan fingerprint density at radius 1 is 1.41 bits per heavy atom. The van der Waals surface area contributed by atoms with Crippen LogP contribution in [0.3, 0.4) is 0 Å². The van der Waals surface area contributed by atoms with E-state index in [2.05, 4.69) is 48.1 Å². The van der Waals surface area contributed by atoms with Crippen molar-refractivity contribution >= 4 is 11.6 Å². The van der Waals surface area contributed by atoms with Crippen LogP contribution in [-0.4, -0.2) is 23.6 Å². The first-order valence-corrected chi connectivity index (χ1v) is 6.14. The van der Waals surface area contributed by atoms with E-state index in [-0.39, 0.29) is 0 Å². The smallest absolute Gasteiger partial charge is 0.148 e. The maximum Gasteiger partial charge on any atom is 0.148 e. The first kappa shape index (κ1) is 13.7. The van der Waals surface area contributed by atoms with E-state index in [0.29, 0.717) is 11.7 Å². The molecule has 0 radical (unpaired) electrons. The molecule has 0 aliphatic carbocycles. The second-order valence-electron chi connectivity index (χ2n) is 4.53. The van der Waals surface area contributed by atoms with Crippen LogP contribution < -0.4 is 16.2 Å². The molecule has 96 valence electrons. The Kier molecular flexibility index (Phi) is 5.15. The van der Waals surface area contributed by atoms with E-state index in [1.165, 1.54) is 6.42 Å². The summed E-state index contributed by atoms with van der Waals surface area (Å²) >= 11 is 0. The number of nitrogens with one attached hydrogen (secondary N) is 1. The van der Waals surface area contributed by atoms with E-state index in [4.69, 9.17) is 5.84 Å². The molecule has 0 fully saturated rings. The van der Waals surface area contributed by atoms with Crippen molar-refractivity contribution in [3.63, 3.8) is 0 Å². The molecule has 0 saturated heterocycles. The van der Waals surface area contributed by atoms with Gasteiger partial charge in [-0.1, -0.05) is 27.2 Å². The molecule has 0 amide bonds. The van der Waals surface area contributed by atoms with Crippen molar-refractivity contribution < 1.29 is 0 Å². The fourth-order valence-corrected chi connectivity index (χ4v) is 1.84. The van der Waals surface area contributed by atoms with Gasteiger partial charge in [0.15, 0.2) is 0 Å². The molecule has 1 rings (SSSR count).